The van der Waals surface area contributed by atoms with E-state index in [1.807, 2.05) is 30.7 Å². The van der Waals surface area contributed by atoms with Gasteiger partial charge in [-0.3, -0.25) is 4.79 Å². The minimum absolute atomic E-state index is 0.0122. The normalized spacial score (nSPS) is 16.6. The van der Waals surface area contributed by atoms with Gasteiger partial charge in [0.15, 0.2) is 0 Å². The third kappa shape index (κ3) is 3.64. The van der Waals surface area contributed by atoms with Crippen LogP contribution in [0.15, 0.2) is 55.0 Å². The standard InChI is InChI=1S/C26H26N6O/c1-31-8-10-32(11-9-31)24-5-3-19(14-28-24)20-13-22-23(16-30-25(22)29-15-20)17-2-4-21-18(12-17)6-7-27-26(21)33/h2-5,12-16H,6-11H2,1H3,(H,27,33)(H,29,30). The van der Waals surface area contributed by atoms with Gasteiger partial charge in [-0.2, -0.15) is 0 Å². The molecule has 2 aliphatic rings. The molecule has 4 aromatic rings. The molecule has 0 aliphatic carbocycles. The van der Waals surface area contributed by atoms with Crippen molar-refractivity contribution in [1.82, 2.24) is 25.2 Å². The van der Waals surface area contributed by atoms with Crippen LogP contribution in [0.1, 0.15) is 15.9 Å². The summed E-state index contributed by atoms with van der Waals surface area (Å²) in [5, 5.41) is 3.97. The fourth-order valence-electron chi connectivity index (χ4n) is 4.78. The zero-order chi connectivity index (χ0) is 22.4. The summed E-state index contributed by atoms with van der Waals surface area (Å²) in [7, 11) is 2.16. The molecule has 0 bridgehead atoms. The van der Waals surface area contributed by atoms with Crippen LogP contribution in [0.3, 0.4) is 0 Å². The summed E-state index contributed by atoms with van der Waals surface area (Å²) < 4.78 is 0. The van der Waals surface area contributed by atoms with Crippen molar-refractivity contribution in [2.75, 3.05) is 44.7 Å². The fraction of sp³-hybridized carbons (Fsp3) is 0.269. The van der Waals surface area contributed by atoms with Crippen LogP contribution in [-0.4, -0.2) is 65.5 Å². The second-order valence-electron chi connectivity index (χ2n) is 8.90. The molecule has 7 nitrogen and oxygen atoms in total. The molecule has 166 valence electrons. The Morgan fingerprint density at radius 1 is 0.879 bits per heavy atom. The zero-order valence-electron chi connectivity index (χ0n) is 18.6. The lowest BCUT2D eigenvalue weighted by atomic mass is 9.94. The SMILES string of the molecule is CN1CCN(c2ccc(-c3cnc4[nH]cc(-c5ccc6c(c5)CCNC6=O)c4c3)cn2)CC1. The monoisotopic (exact) mass is 438 g/mol. The van der Waals surface area contributed by atoms with E-state index in [2.05, 4.69) is 56.4 Å². The lowest BCUT2D eigenvalue weighted by Crippen LogP contribution is -2.44. The number of piperazine rings is 1. The average Bonchev–Trinajstić information content (AvgIpc) is 3.28. The Balaban J connectivity index is 1.32. The van der Waals surface area contributed by atoms with Gasteiger partial charge in [0, 0.05) is 79.0 Å². The molecular formula is C26H26N6O. The smallest absolute Gasteiger partial charge is 0.251 e. The van der Waals surface area contributed by atoms with Gasteiger partial charge in [-0.05, 0) is 48.9 Å². The Morgan fingerprint density at radius 2 is 1.70 bits per heavy atom. The van der Waals surface area contributed by atoms with Gasteiger partial charge in [-0.25, -0.2) is 9.97 Å². The first-order chi connectivity index (χ1) is 16.2. The predicted octanol–water partition coefficient (Wildman–Crippen LogP) is 3.33. The van der Waals surface area contributed by atoms with Gasteiger partial charge in [0.05, 0.1) is 0 Å². The Hall–Kier alpha value is -3.71. The van der Waals surface area contributed by atoms with Gasteiger partial charge < -0.3 is 20.1 Å². The lowest BCUT2D eigenvalue weighted by molar-refractivity contribution is 0.0946. The van der Waals surface area contributed by atoms with Crippen molar-refractivity contribution < 1.29 is 4.79 Å². The van der Waals surface area contributed by atoms with Gasteiger partial charge in [-0.1, -0.05) is 12.1 Å². The maximum absolute atomic E-state index is 12.1. The number of benzene rings is 1. The van der Waals surface area contributed by atoms with Crippen LogP contribution < -0.4 is 10.2 Å². The van der Waals surface area contributed by atoms with Crippen molar-refractivity contribution >= 4 is 22.8 Å². The van der Waals surface area contributed by atoms with Crippen molar-refractivity contribution in [3.05, 3.63) is 66.1 Å². The number of amides is 1. The van der Waals surface area contributed by atoms with E-state index in [0.717, 1.165) is 82.8 Å². The summed E-state index contributed by atoms with van der Waals surface area (Å²) in [6, 6.07) is 12.5. The highest BCUT2D eigenvalue weighted by Crippen LogP contribution is 2.32. The number of pyridine rings is 2. The second-order valence-corrected chi connectivity index (χ2v) is 8.90. The molecule has 0 spiro atoms. The Morgan fingerprint density at radius 3 is 2.52 bits per heavy atom. The molecule has 2 aliphatic heterocycles. The average molecular weight is 439 g/mol. The topological polar surface area (TPSA) is 77.1 Å². The zero-order valence-corrected chi connectivity index (χ0v) is 18.6. The van der Waals surface area contributed by atoms with Crippen LogP contribution in [0.5, 0.6) is 0 Å². The summed E-state index contributed by atoms with van der Waals surface area (Å²) in [6.07, 6.45) is 6.69. The van der Waals surface area contributed by atoms with Crippen LogP contribution >= 0.6 is 0 Å². The summed E-state index contributed by atoms with van der Waals surface area (Å²) in [4.78, 5) is 29.5. The van der Waals surface area contributed by atoms with Crippen LogP contribution in [0.4, 0.5) is 5.82 Å². The van der Waals surface area contributed by atoms with Gasteiger partial charge in [0.1, 0.15) is 11.5 Å². The van der Waals surface area contributed by atoms with E-state index in [-0.39, 0.29) is 5.91 Å². The number of carbonyl (C=O) groups is 1. The molecule has 3 aromatic heterocycles. The van der Waals surface area contributed by atoms with Gasteiger partial charge in [0.2, 0.25) is 0 Å². The molecule has 33 heavy (non-hydrogen) atoms. The van der Waals surface area contributed by atoms with Crippen LogP contribution in [0.25, 0.3) is 33.3 Å². The molecule has 0 radical (unpaired) electrons. The fourth-order valence-corrected chi connectivity index (χ4v) is 4.78. The molecular weight excluding hydrogens is 412 g/mol. The van der Waals surface area contributed by atoms with E-state index in [1.54, 1.807) is 0 Å². The molecule has 1 saturated heterocycles. The van der Waals surface area contributed by atoms with Crippen LogP contribution in [0, 0.1) is 0 Å². The molecule has 0 atom stereocenters. The number of fused-ring (bicyclic) bond motifs is 2. The number of anilines is 1. The van der Waals surface area contributed by atoms with E-state index < -0.39 is 0 Å². The largest absolute Gasteiger partial charge is 0.354 e. The molecule has 1 amide bonds. The third-order valence-corrected chi connectivity index (χ3v) is 6.78. The summed E-state index contributed by atoms with van der Waals surface area (Å²) in [6.45, 7) is 4.82. The van der Waals surface area contributed by atoms with Crippen molar-refractivity contribution in [1.29, 1.82) is 0 Å². The quantitative estimate of drug-likeness (QED) is 0.513. The highest BCUT2D eigenvalue weighted by atomic mass is 16.1. The highest BCUT2D eigenvalue weighted by Gasteiger charge is 2.18. The third-order valence-electron chi connectivity index (χ3n) is 6.78. The molecule has 1 aromatic carbocycles. The van der Waals surface area contributed by atoms with Gasteiger partial charge >= 0.3 is 0 Å². The minimum Gasteiger partial charge on any atom is -0.354 e. The number of nitrogens with zero attached hydrogens (tertiary/aromatic N) is 4. The van der Waals surface area contributed by atoms with Gasteiger partial charge in [-0.15, -0.1) is 0 Å². The number of likely N-dealkylation sites (N-methyl/N-ethyl adjacent to an activating group) is 1. The van der Waals surface area contributed by atoms with Crippen molar-refractivity contribution in [3.8, 4) is 22.3 Å². The predicted molar refractivity (Wildman–Crippen MR) is 131 cm³/mol. The summed E-state index contributed by atoms with van der Waals surface area (Å²) in [5.74, 6) is 1.04. The maximum atomic E-state index is 12.1. The summed E-state index contributed by atoms with van der Waals surface area (Å²) in [5.41, 5.74) is 7.00. The molecule has 1 fully saturated rings. The second kappa shape index (κ2) is 8.01. The number of aromatic amines is 1. The Kier molecular flexibility index (Phi) is 4.84. The molecule has 2 N–H and O–H groups in total. The van der Waals surface area contributed by atoms with E-state index >= 15 is 0 Å². The number of hydrogen-bond donors (Lipinski definition) is 2. The Labute approximate surface area is 192 Å². The minimum atomic E-state index is 0.0122. The molecule has 7 heteroatoms. The summed E-state index contributed by atoms with van der Waals surface area (Å²) >= 11 is 0. The van der Waals surface area contributed by atoms with Crippen molar-refractivity contribution in [3.63, 3.8) is 0 Å². The number of aromatic nitrogens is 3. The first-order valence-electron chi connectivity index (χ1n) is 11.4. The number of rotatable bonds is 3. The number of carbonyl (C=O) groups excluding carboxylic acids is 1. The van der Waals surface area contributed by atoms with E-state index in [0.29, 0.717) is 6.54 Å². The van der Waals surface area contributed by atoms with Crippen molar-refractivity contribution in [2.24, 2.45) is 0 Å². The van der Waals surface area contributed by atoms with Gasteiger partial charge in [0.25, 0.3) is 5.91 Å². The molecule has 5 heterocycles. The van der Waals surface area contributed by atoms with Crippen LogP contribution in [0.2, 0.25) is 0 Å². The van der Waals surface area contributed by atoms with E-state index in [4.69, 9.17) is 4.98 Å². The molecule has 6 rings (SSSR count). The molecule has 0 unspecified atom stereocenters. The number of H-pyrrole nitrogens is 1. The number of nitrogens with one attached hydrogen (secondary N) is 2. The highest BCUT2D eigenvalue weighted by molar-refractivity contribution is 5.99. The molecule has 0 saturated carbocycles. The number of hydrogen-bond acceptors (Lipinski definition) is 5. The first-order valence-corrected chi connectivity index (χ1v) is 11.4. The van der Waals surface area contributed by atoms with Crippen molar-refractivity contribution in [2.45, 2.75) is 6.42 Å². The Bertz CT molecular complexity index is 1330. The van der Waals surface area contributed by atoms with Crippen LogP contribution in [-0.2, 0) is 6.42 Å². The maximum Gasteiger partial charge on any atom is 0.251 e. The van der Waals surface area contributed by atoms with E-state index in [1.165, 1.54) is 0 Å². The van der Waals surface area contributed by atoms with E-state index in [9.17, 15) is 4.79 Å². The first kappa shape index (κ1) is 19.9. The lowest BCUT2D eigenvalue weighted by Gasteiger charge is -2.33.